The van der Waals surface area contributed by atoms with Crippen molar-refractivity contribution in [3.8, 4) is 0 Å². The first-order valence-corrected chi connectivity index (χ1v) is 16.5. The lowest BCUT2D eigenvalue weighted by Gasteiger charge is -2.37. The van der Waals surface area contributed by atoms with Crippen LogP contribution in [-0.4, -0.2) is 67.2 Å². The van der Waals surface area contributed by atoms with Crippen LogP contribution in [-0.2, 0) is 23.7 Å². The zero-order chi connectivity index (χ0) is 29.7. The number of fused-ring (bicyclic) bond motifs is 4. The molecule has 7 atom stereocenters. The van der Waals surface area contributed by atoms with Gasteiger partial charge >= 0.3 is 12.1 Å². The van der Waals surface area contributed by atoms with Crippen LogP contribution in [0.2, 0.25) is 0 Å². The molecule has 3 saturated heterocycles. The van der Waals surface area contributed by atoms with Crippen molar-refractivity contribution in [1.29, 1.82) is 0 Å². The molecule has 0 aromatic heterocycles. The van der Waals surface area contributed by atoms with E-state index in [1.807, 2.05) is 24.3 Å². The molecule has 0 saturated carbocycles. The van der Waals surface area contributed by atoms with Crippen LogP contribution in [0.5, 0.6) is 0 Å². The quantitative estimate of drug-likeness (QED) is 0.145. The van der Waals surface area contributed by atoms with E-state index in [0.717, 1.165) is 64.5 Å². The van der Waals surface area contributed by atoms with E-state index >= 15 is 0 Å². The number of amides is 1. The molecule has 234 valence electrons. The van der Waals surface area contributed by atoms with Crippen LogP contribution < -0.4 is 0 Å². The highest BCUT2D eigenvalue weighted by atomic mass is 16.6. The lowest BCUT2D eigenvalue weighted by Crippen LogP contribution is -2.37. The normalized spacial score (nSPS) is 35.3. The smallest absolute Gasteiger partial charge is 0.409 e. The Morgan fingerprint density at radius 1 is 0.929 bits per heavy atom. The molecule has 7 unspecified atom stereocenters. The molecule has 0 aliphatic carbocycles. The van der Waals surface area contributed by atoms with Gasteiger partial charge in [0, 0.05) is 25.4 Å². The van der Waals surface area contributed by atoms with Crippen molar-refractivity contribution in [3.63, 3.8) is 0 Å². The zero-order valence-corrected chi connectivity index (χ0v) is 26.1. The minimum atomic E-state index is -0.383. The molecule has 1 amide bonds. The third kappa shape index (κ3) is 10.7. The van der Waals surface area contributed by atoms with Crippen LogP contribution in [0.15, 0.2) is 48.1 Å². The van der Waals surface area contributed by atoms with Gasteiger partial charge in [-0.05, 0) is 83.1 Å². The fourth-order valence-corrected chi connectivity index (χ4v) is 6.56. The monoisotopic (exact) mass is 583 g/mol. The van der Waals surface area contributed by atoms with Crippen LogP contribution in [0, 0.1) is 11.8 Å². The first kappa shape index (κ1) is 32.5. The van der Waals surface area contributed by atoms with E-state index in [4.69, 9.17) is 18.9 Å². The summed E-state index contributed by atoms with van der Waals surface area (Å²) in [6, 6.07) is 0. The number of rotatable bonds is 5. The number of ether oxygens (including phenoxy) is 4. The predicted molar refractivity (Wildman–Crippen MR) is 165 cm³/mol. The van der Waals surface area contributed by atoms with E-state index in [2.05, 4.69) is 39.0 Å². The highest BCUT2D eigenvalue weighted by Gasteiger charge is 2.32. The van der Waals surface area contributed by atoms with Crippen LogP contribution in [0.25, 0.3) is 0 Å². The summed E-state index contributed by atoms with van der Waals surface area (Å²) in [5.41, 5.74) is 1.35. The minimum Gasteiger partial charge on any atom is -0.457 e. The standard InChI is InChI=1S/C35H53NO6/c1-4-28-22-31-24-30-14-12-13-29(40-30)21-26(2)16-17-27(3)33(42-34(37)25-32(23-28)41-31)15-8-5-6-11-20-39-35(38)36-18-9-7-10-19-36/h4-6,8,15-17,26-27,29-33H,7,9-14,18-25H2,1-3H3/b6-5-,15-8+,17-16+,28-4-. The molecule has 0 N–H and O–H groups in total. The zero-order valence-electron chi connectivity index (χ0n) is 26.1. The molecule has 4 aliphatic rings. The third-order valence-electron chi connectivity index (χ3n) is 8.97. The molecule has 42 heavy (non-hydrogen) atoms. The average Bonchev–Trinajstić information content (AvgIpc) is 2.98. The molecule has 4 heterocycles. The largest absolute Gasteiger partial charge is 0.457 e. The first-order valence-electron chi connectivity index (χ1n) is 16.5. The van der Waals surface area contributed by atoms with Gasteiger partial charge in [-0.1, -0.05) is 55.9 Å². The van der Waals surface area contributed by atoms with Gasteiger partial charge in [0.1, 0.15) is 6.10 Å². The Hall–Kier alpha value is -2.38. The Balaban J connectivity index is 1.37. The number of nitrogens with zero attached hydrogens (tertiary/aromatic N) is 1. The number of carbonyl (C=O) groups is 2. The summed E-state index contributed by atoms with van der Waals surface area (Å²) in [4.78, 5) is 27.1. The molecule has 3 fully saturated rings. The molecular formula is C35H53NO6. The van der Waals surface area contributed by atoms with Gasteiger partial charge in [0.15, 0.2) is 0 Å². The summed E-state index contributed by atoms with van der Waals surface area (Å²) < 4.78 is 24.5. The Morgan fingerprint density at radius 2 is 1.67 bits per heavy atom. The van der Waals surface area contributed by atoms with Crippen LogP contribution >= 0.6 is 0 Å². The summed E-state index contributed by atoms with van der Waals surface area (Å²) >= 11 is 0. The third-order valence-corrected chi connectivity index (χ3v) is 8.97. The van der Waals surface area contributed by atoms with Gasteiger partial charge < -0.3 is 23.8 Å². The van der Waals surface area contributed by atoms with E-state index in [1.54, 1.807) is 4.90 Å². The summed E-state index contributed by atoms with van der Waals surface area (Å²) in [5, 5.41) is 0. The number of cyclic esters (lactones) is 1. The van der Waals surface area contributed by atoms with E-state index in [-0.39, 0.29) is 54.9 Å². The maximum Gasteiger partial charge on any atom is 0.409 e. The Labute approximate surface area is 253 Å². The van der Waals surface area contributed by atoms with Crippen LogP contribution in [0.4, 0.5) is 4.79 Å². The number of hydrogen-bond donors (Lipinski definition) is 0. The van der Waals surface area contributed by atoms with Crippen molar-refractivity contribution in [2.45, 2.75) is 128 Å². The van der Waals surface area contributed by atoms with Crippen molar-refractivity contribution < 1.29 is 28.5 Å². The van der Waals surface area contributed by atoms with E-state index in [9.17, 15) is 9.59 Å². The fourth-order valence-electron chi connectivity index (χ4n) is 6.56. The van der Waals surface area contributed by atoms with Crippen molar-refractivity contribution in [2.24, 2.45) is 11.8 Å². The second-order valence-corrected chi connectivity index (χ2v) is 12.7. The van der Waals surface area contributed by atoms with Gasteiger partial charge in [0.2, 0.25) is 0 Å². The Bertz CT molecular complexity index is 980. The Kier molecular flexibility index (Phi) is 13.2. The van der Waals surface area contributed by atoms with Gasteiger partial charge in [0.05, 0.1) is 37.4 Å². The average molecular weight is 584 g/mol. The van der Waals surface area contributed by atoms with E-state index < -0.39 is 0 Å². The van der Waals surface area contributed by atoms with Gasteiger partial charge in [-0.3, -0.25) is 4.79 Å². The molecule has 4 bridgehead atoms. The van der Waals surface area contributed by atoms with Gasteiger partial charge in [-0.2, -0.15) is 0 Å². The molecule has 0 aromatic carbocycles. The van der Waals surface area contributed by atoms with Crippen LogP contribution in [0.3, 0.4) is 0 Å². The second kappa shape index (κ2) is 17.0. The molecule has 7 heteroatoms. The maximum atomic E-state index is 13.2. The van der Waals surface area contributed by atoms with Crippen molar-refractivity contribution in [2.75, 3.05) is 19.7 Å². The topological polar surface area (TPSA) is 74.3 Å². The van der Waals surface area contributed by atoms with E-state index in [1.165, 1.54) is 18.4 Å². The molecule has 0 spiro atoms. The van der Waals surface area contributed by atoms with Crippen molar-refractivity contribution in [3.05, 3.63) is 48.1 Å². The molecule has 4 rings (SSSR count). The van der Waals surface area contributed by atoms with Gasteiger partial charge in [0.25, 0.3) is 0 Å². The summed E-state index contributed by atoms with van der Waals surface area (Å²) in [6.45, 7) is 8.36. The number of hydrogen-bond acceptors (Lipinski definition) is 6. The van der Waals surface area contributed by atoms with Gasteiger partial charge in [-0.25, -0.2) is 4.79 Å². The molecule has 4 aliphatic heterocycles. The number of carbonyl (C=O) groups excluding carboxylic acids is 2. The molecular weight excluding hydrogens is 530 g/mol. The number of esters is 1. The first-order chi connectivity index (χ1) is 20.4. The highest BCUT2D eigenvalue weighted by molar-refractivity contribution is 5.70. The molecule has 0 radical (unpaired) electrons. The summed E-state index contributed by atoms with van der Waals surface area (Å²) in [5.74, 6) is 0.168. The second-order valence-electron chi connectivity index (χ2n) is 12.7. The van der Waals surface area contributed by atoms with E-state index in [0.29, 0.717) is 18.9 Å². The highest BCUT2D eigenvalue weighted by Crippen LogP contribution is 2.33. The fraction of sp³-hybridized carbons (Fsp3) is 0.714. The van der Waals surface area contributed by atoms with Crippen LogP contribution in [0.1, 0.15) is 97.8 Å². The predicted octanol–water partition coefficient (Wildman–Crippen LogP) is 7.47. The Morgan fingerprint density at radius 3 is 2.45 bits per heavy atom. The number of allylic oxidation sites excluding steroid dienone is 4. The molecule has 7 nitrogen and oxygen atoms in total. The number of piperidine rings is 1. The SMILES string of the molecule is C/C=C1\CC2CC(=O)OC(/C=C/C=C\CCOC(=O)N3CCCCC3)C(C)/C=C/C(C)CC3CCCC(CC(C1)O2)O3. The van der Waals surface area contributed by atoms with Crippen molar-refractivity contribution in [1.82, 2.24) is 4.90 Å². The maximum absolute atomic E-state index is 13.2. The summed E-state index contributed by atoms with van der Waals surface area (Å²) in [7, 11) is 0. The van der Waals surface area contributed by atoms with Gasteiger partial charge in [-0.15, -0.1) is 0 Å². The lowest BCUT2D eigenvalue weighted by molar-refractivity contribution is -0.154. The minimum absolute atomic E-state index is 0.0191. The number of likely N-dealkylation sites (tertiary alicyclic amines) is 1. The van der Waals surface area contributed by atoms with Crippen molar-refractivity contribution >= 4 is 12.1 Å². The molecule has 0 aromatic rings. The lowest BCUT2D eigenvalue weighted by atomic mass is 9.90. The summed E-state index contributed by atoms with van der Waals surface area (Å²) in [6.07, 6.45) is 25.4.